The molecule has 1 heterocycles. The largest absolute Gasteiger partial charge is 0.482 e. The summed E-state index contributed by atoms with van der Waals surface area (Å²) in [5.41, 5.74) is 7.63. The maximum atomic E-state index is 11.5. The van der Waals surface area contributed by atoms with Crippen LogP contribution in [0.15, 0.2) is 18.2 Å². The second kappa shape index (κ2) is 4.73. The summed E-state index contributed by atoms with van der Waals surface area (Å²) in [5.74, 6) is 0.649. The maximum absolute atomic E-state index is 11.5. The van der Waals surface area contributed by atoms with Crippen molar-refractivity contribution in [1.82, 2.24) is 0 Å². The highest BCUT2D eigenvalue weighted by Crippen LogP contribution is 2.33. The highest BCUT2D eigenvalue weighted by atomic mass is 16.5. The Labute approximate surface area is 100 Å². The fraction of sp³-hybridized carbons (Fsp3) is 0.417. The first-order valence-electron chi connectivity index (χ1n) is 5.41. The van der Waals surface area contributed by atoms with E-state index < -0.39 is 0 Å². The quantitative estimate of drug-likeness (QED) is 0.838. The van der Waals surface area contributed by atoms with E-state index in [-0.39, 0.29) is 18.6 Å². The molecule has 2 rings (SSSR count). The molecule has 1 atom stereocenters. The van der Waals surface area contributed by atoms with E-state index in [1.807, 2.05) is 18.2 Å². The van der Waals surface area contributed by atoms with Gasteiger partial charge < -0.3 is 20.1 Å². The highest BCUT2D eigenvalue weighted by Gasteiger charge is 2.23. The SMILES string of the molecule is COCC(N)c1ccc2c(c1)N(C)C(=O)CO2. The van der Waals surface area contributed by atoms with Gasteiger partial charge in [0, 0.05) is 14.2 Å². The monoisotopic (exact) mass is 236 g/mol. The average molecular weight is 236 g/mol. The number of hydrogen-bond acceptors (Lipinski definition) is 4. The third kappa shape index (κ3) is 2.25. The van der Waals surface area contributed by atoms with Crippen LogP contribution in [0.1, 0.15) is 11.6 Å². The standard InChI is InChI=1S/C12H16N2O3/c1-14-10-5-8(9(13)6-16-2)3-4-11(10)17-7-12(14)15/h3-5,9H,6-7,13H2,1-2H3. The molecule has 1 aliphatic rings. The lowest BCUT2D eigenvalue weighted by Gasteiger charge is -2.27. The van der Waals surface area contributed by atoms with Gasteiger partial charge in [0.15, 0.2) is 6.61 Å². The molecule has 0 saturated heterocycles. The van der Waals surface area contributed by atoms with Gasteiger partial charge in [0.1, 0.15) is 5.75 Å². The Morgan fingerprint density at radius 1 is 1.59 bits per heavy atom. The first kappa shape index (κ1) is 11.9. The van der Waals surface area contributed by atoms with E-state index in [4.69, 9.17) is 15.2 Å². The van der Waals surface area contributed by atoms with Gasteiger partial charge in [-0.3, -0.25) is 4.79 Å². The summed E-state index contributed by atoms with van der Waals surface area (Å²) in [6.45, 7) is 0.532. The number of fused-ring (bicyclic) bond motifs is 1. The predicted molar refractivity (Wildman–Crippen MR) is 64.2 cm³/mol. The molecule has 0 bridgehead atoms. The molecule has 1 aliphatic heterocycles. The van der Waals surface area contributed by atoms with Gasteiger partial charge in [-0.05, 0) is 17.7 Å². The van der Waals surface area contributed by atoms with Crippen LogP contribution in [-0.2, 0) is 9.53 Å². The predicted octanol–water partition coefficient (Wildman–Crippen LogP) is 0.688. The number of rotatable bonds is 3. The minimum Gasteiger partial charge on any atom is -0.482 e. The third-order valence-corrected chi connectivity index (χ3v) is 2.84. The highest BCUT2D eigenvalue weighted by molar-refractivity contribution is 5.97. The van der Waals surface area contributed by atoms with Crippen LogP contribution >= 0.6 is 0 Å². The van der Waals surface area contributed by atoms with Gasteiger partial charge in [-0.2, -0.15) is 0 Å². The number of nitrogens with zero attached hydrogens (tertiary/aromatic N) is 1. The van der Waals surface area contributed by atoms with Gasteiger partial charge in [0.2, 0.25) is 0 Å². The summed E-state index contributed by atoms with van der Waals surface area (Å²) in [4.78, 5) is 13.1. The molecule has 1 amide bonds. The molecule has 92 valence electrons. The zero-order valence-electron chi connectivity index (χ0n) is 9.97. The normalized spacial score (nSPS) is 16.4. The molecule has 0 aromatic heterocycles. The Bertz CT molecular complexity index is 434. The Hall–Kier alpha value is -1.59. The van der Waals surface area contributed by atoms with Crippen molar-refractivity contribution >= 4 is 11.6 Å². The zero-order valence-corrected chi connectivity index (χ0v) is 9.97. The fourth-order valence-electron chi connectivity index (χ4n) is 1.80. The second-order valence-corrected chi connectivity index (χ2v) is 4.03. The lowest BCUT2D eigenvalue weighted by atomic mass is 10.1. The number of nitrogens with two attached hydrogens (primary N) is 1. The number of likely N-dealkylation sites (N-methyl/N-ethyl adjacent to an activating group) is 1. The van der Waals surface area contributed by atoms with Gasteiger partial charge >= 0.3 is 0 Å². The molecule has 0 aliphatic carbocycles. The molecule has 1 unspecified atom stereocenters. The summed E-state index contributed by atoms with van der Waals surface area (Å²) in [5, 5.41) is 0. The number of carbonyl (C=O) groups is 1. The summed E-state index contributed by atoms with van der Waals surface area (Å²) < 4.78 is 10.4. The molecule has 1 aromatic carbocycles. The summed E-state index contributed by atoms with van der Waals surface area (Å²) in [6, 6.07) is 5.40. The number of carbonyl (C=O) groups excluding carboxylic acids is 1. The first-order valence-corrected chi connectivity index (χ1v) is 5.41. The third-order valence-electron chi connectivity index (χ3n) is 2.84. The van der Waals surface area contributed by atoms with Gasteiger partial charge in [-0.25, -0.2) is 0 Å². The number of methoxy groups -OCH3 is 1. The van der Waals surface area contributed by atoms with Gasteiger partial charge in [0.05, 0.1) is 18.3 Å². The van der Waals surface area contributed by atoms with Gasteiger partial charge in [-0.15, -0.1) is 0 Å². The Morgan fingerprint density at radius 3 is 3.06 bits per heavy atom. The van der Waals surface area contributed by atoms with Crippen LogP contribution in [0.2, 0.25) is 0 Å². The van der Waals surface area contributed by atoms with Crippen LogP contribution in [0, 0.1) is 0 Å². The lowest BCUT2D eigenvalue weighted by Crippen LogP contribution is -2.35. The van der Waals surface area contributed by atoms with E-state index in [9.17, 15) is 4.79 Å². The number of ether oxygens (including phenoxy) is 2. The molecular weight excluding hydrogens is 220 g/mol. The molecule has 0 saturated carbocycles. The molecule has 2 N–H and O–H groups in total. The maximum Gasteiger partial charge on any atom is 0.264 e. The number of anilines is 1. The molecule has 17 heavy (non-hydrogen) atoms. The van der Waals surface area contributed by atoms with Crippen molar-refractivity contribution in [2.24, 2.45) is 5.73 Å². The zero-order chi connectivity index (χ0) is 12.4. The summed E-state index contributed by atoms with van der Waals surface area (Å²) in [6.07, 6.45) is 0. The van der Waals surface area contributed by atoms with Crippen molar-refractivity contribution in [1.29, 1.82) is 0 Å². The Balaban J connectivity index is 2.32. The van der Waals surface area contributed by atoms with Crippen LogP contribution in [-0.4, -0.2) is 33.3 Å². The topological polar surface area (TPSA) is 64.8 Å². The minimum atomic E-state index is -0.198. The average Bonchev–Trinajstić information content (AvgIpc) is 2.34. The number of amides is 1. The van der Waals surface area contributed by atoms with E-state index in [0.717, 1.165) is 11.3 Å². The molecule has 0 spiro atoms. The molecule has 5 heteroatoms. The summed E-state index contributed by atoms with van der Waals surface area (Å²) in [7, 11) is 3.34. The molecule has 5 nitrogen and oxygen atoms in total. The van der Waals surface area contributed by atoms with Crippen LogP contribution in [0.5, 0.6) is 5.75 Å². The van der Waals surface area contributed by atoms with Crippen molar-refractivity contribution in [3.63, 3.8) is 0 Å². The first-order chi connectivity index (χ1) is 8.13. The lowest BCUT2D eigenvalue weighted by molar-refractivity contribution is -0.120. The van der Waals surface area contributed by atoms with Crippen LogP contribution in [0.4, 0.5) is 5.69 Å². The smallest absolute Gasteiger partial charge is 0.264 e. The fourth-order valence-corrected chi connectivity index (χ4v) is 1.80. The number of benzene rings is 1. The van der Waals surface area contributed by atoms with Crippen LogP contribution < -0.4 is 15.4 Å². The molecule has 0 radical (unpaired) electrons. The van der Waals surface area contributed by atoms with E-state index in [0.29, 0.717) is 12.4 Å². The Morgan fingerprint density at radius 2 is 2.35 bits per heavy atom. The van der Waals surface area contributed by atoms with E-state index in [1.165, 1.54) is 0 Å². The van der Waals surface area contributed by atoms with Gasteiger partial charge in [0.25, 0.3) is 5.91 Å². The van der Waals surface area contributed by atoms with Gasteiger partial charge in [-0.1, -0.05) is 6.07 Å². The number of hydrogen-bond donors (Lipinski definition) is 1. The summed E-state index contributed by atoms with van der Waals surface area (Å²) >= 11 is 0. The van der Waals surface area contributed by atoms with Crippen molar-refractivity contribution in [3.05, 3.63) is 23.8 Å². The molecular formula is C12H16N2O3. The van der Waals surface area contributed by atoms with Crippen LogP contribution in [0.25, 0.3) is 0 Å². The molecule has 1 aromatic rings. The van der Waals surface area contributed by atoms with Crippen molar-refractivity contribution in [2.75, 3.05) is 32.3 Å². The van der Waals surface area contributed by atoms with E-state index in [1.54, 1.807) is 19.1 Å². The van der Waals surface area contributed by atoms with E-state index in [2.05, 4.69) is 0 Å². The van der Waals surface area contributed by atoms with Crippen molar-refractivity contribution < 1.29 is 14.3 Å². The molecule has 0 fully saturated rings. The minimum absolute atomic E-state index is 0.0602. The van der Waals surface area contributed by atoms with Crippen molar-refractivity contribution in [3.8, 4) is 5.75 Å². The van der Waals surface area contributed by atoms with Crippen LogP contribution in [0.3, 0.4) is 0 Å². The van der Waals surface area contributed by atoms with E-state index >= 15 is 0 Å². The second-order valence-electron chi connectivity index (χ2n) is 4.03. The van der Waals surface area contributed by atoms with Crippen molar-refractivity contribution in [2.45, 2.75) is 6.04 Å². The Kier molecular flexibility index (Phi) is 3.31.